The number of nitrogens with zero attached hydrogens (tertiary/aromatic N) is 1. The van der Waals surface area contributed by atoms with Gasteiger partial charge in [-0.2, -0.15) is 0 Å². The smallest absolute Gasteiger partial charge is 0.255 e. The van der Waals surface area contributed by atoms with Gasteiger partial charge in [-0.1, -0.05) is 23.2 Å². The highest BCUT2D eigenvalue weighted by atomic mass is 35.5. The first kappa shape index (κ1) is 16.3. The molecule has 122 valence electrons. The zero-order valence-electron chi connectivity index (χ0n) is 12.1. The minimum atomic E-state index is -0.527. The second-order valence-electron chi connectivity index (χ2n) is 4.99. The quantitative estimate of drug-likeness (QED) is 0.645. The minimum Gasteiger partial charge on any atom is -0.369 e. The number of nitrogens with two attached hydrogens (primary N) is 1. The van der Waals surface area contributed by atoms with E-state index in [9.17, 15) is 9.18 Å². The number of anilines is 2. The van der Waals surface area contributed by atoms with E-state index < -0.39 is 11.7 Å². The minimum absolute atomic E-state index is 0.194. The number of carbonyl (C=O) groups is 1. The molecule has 5 nitrogen and oxygen atoms in total. The van der Waals surface area contributed by atoms with Crippen LogP contribution >= 0.6 is 23.2 Å². The highest BCUT2D eigenvalue weighted by molar-refractivity contribution is 6.35. The predicted octanol–water partition coefficient (Wildman–Crippen LogP) is 4.36. The van der Waals surface area contributed by atoms with Crippen LogP contribution in [0.15, 0.2) is 42.6 Å². The topological polar surface area (TPSA) is 83.8 Å². The SMILES string of the molecule is Nc1ncc(-c2ccc(NC(=O)c3cc(Cl)cc(Cl)c3)cc2F)[nH]1. The van der Waals surface area contributed by atoms with Crippen LogP contribution in [0.1, 0.15) is 10.4 Å². The normalized spacial score (nSPS) is 10.6. The Hall–Kier alpha value is -2.57. The molecular formula is C16H11Cl2FN4O. The van der Waals surface area contributed by atoms with Crippen LogP contribution in [0.3, 0.4) is 0 Å². The molecule has 0 saturated carbocycles. The van der Waals surface area contributed by atoms with Gasteiger partial charge in [0.2, 0.25) is 0 Å². The van der Waals surface area contributed by atoms with E-state index in [1.807, 2.05) is 0 Å². The molecule has 2 aromatic carbocycles. The van der Waals surface area contributed by atoms with Gasteiger partial charge in [-0.15, -0.1) is 0 Å². The van der Waals surface area contributed by atoms with E-state index in [1.165, 1.54) is 36.5 Å². The van der Waals surface area contributed by atoms with Crippen molar-refractivity contribution in [3.05, 3.63) is 64.0 Å². The standard InChI is InChI=1S/C16H11Cl2FN4O/c17-9-3-8(4-10(18)5-9)15(24)22-11-1-2-12(13(19)6-11)14-7-21-16(20)23-14/h1-7H,(H,22,24)(H3,20,21,23). The summed E-state index contributed by atoms with van der Waals surface area (Å²) in [6.45, 7) is 0. The van der Waals surface area contributed by atoms with Crippen LogP contribution in [-0.4, -0.2) is 15.9 Å². The van der Waals surface area contributed by atoms with Crippen LogP contribution in [0.25, 0.3) is 11.3 Å². The number of benzene rings is 2. The average molecular weight is 365 g/mol. The molecule has 4 N–H and O–H groups in total. The van der Waals surface area contributed by atoms with Gasteiger partial charge in [0, 0.05) is 26.9 Å². The predicted molar refractivity (Wildman–Crippen MR) is 92.8 cm³/mol. The van der Waals surface area contributed by atoms with Gasteiger partial charge in [0.1, 0.15) is 5.82 Å². The summed E-state index contributed by atoms with van der Waals surface area (Å²) in [5.41, 5.74) is 6.80. The molecule has 0 radical (unpaired) electrons. The Labute approximate surface area is 146 Å². The van der Waals surface area contributed by atoms with E-state index in [1.54, 1.807) is 6.07 Å². The van der Waals surface area contributed by atoms with Crippen molar-refractivity contribution in [3.8, 4) is 11.3 Å². The van der Waals surface area contributed by atoms with Gasteiger partial charge >= 0.3 is 0 Å². The number of hydrogen-bond acceptors (Lipinski definition) is 3. The Morgan fingerprint density at radius 3 is 2.46 bits per heavy atom. The summed E-state index contributed by atoms with van der Waals surface area (Å²) in [4.78, 5) is 18.8. The van der Waals surface area contributed by atoms with Crippen molar-refractivity contribution in [1.29, 1.82) is 0 Å². The summed E-state index contributed by atoms with van der Waals surface area (Å²) < 4.78 is 14.2. The molecule has 0 bridgehead atoms. The third kappa shape index (κ3) is 3.50. The van der Waals surface area contributed by atoms with Gasteiger partial charge in [-0.3, -0.25) is 4.79 Å². The monoisotopic (exact) mass is 364 g/mol. The van der Waals surface area contributed by atoms with E-state index in [0.717, 1.165) is 0 Å². The maximum absolute atomic E-state index is 14.2. The third-order valence-electron chi connectivity index (χ3n) is 3.24. The number of rotatable bonds is 3. The molecule has 24 heavy (non-hydrogen) atoms. The number of H-pyrrole nitrogens is 1. The number of nitrogen functional groups attached to an aromatic ring is 1. The fourth-order valence-electron chi connectivity index (χ4n) is 2.17. The second-order valence-corrected chi connectivity index (χ2v) is 5.86. The molecule has 3 rings (SSSR count). The molecule has 0 saturated heterocycles. The van der Waals surface area contributed by atoms with Gasteiger partial charge in [-0.25, -0.2) is 9.37 Å². The molecule has 0 aliphatic carbocycles. The first-order valence-corrected chi connectivity index (χ1v) is 7.56. The van der Waals surface area contributed by atoms with Crippen molar-refractivity contribution in [2.75, 3.05) is 11.1 Å². The van der Waals surface area contributed by atoms with E-state index in [0.29, 0.717) is 27.0 Å². The van der Waals surface area contributed by atoms with Gasteiger partial charge in [-0.05, 0) is 36.4 Å². The molecule has 1 heterocycles. The van der Waals surface area contributed by atoms with E-state index >= 15 is 0 Å². The van der Waals surface area contributed by atoms with E-state index in [2.05, 4.69) is 15.3 Å². The Balaban J connectivity index is 1.83. The lowest BCUT2D eigenvalue weighted by molar-refractivity contribution is 0.102. The van der Waals surface area contributed by atoms with Crippen LogP contribution in [0.5, 0.6) is 0 Å². The third-order valence-corrected chi connectivity index (χ3v) is 3.67. The molecule has 0 unspecified atom stereocenters. The van der Waals surface area contributed by atoms with Crippen molar-refractivity contribution in [2.24, 2.45) is 0 Å². The number of imidazole rings is 1. The lowest BCUT2D eigenvalue weighted by Crippen LogP contribution is -2.12. The van der Waals surface area contributed by atoms with Crippen molar-refractivity contribution in [3.63, 3.8) is 0 Å². The van der Waals surface area contributed by atoms with Crippen LogP contribution in [-0.2, 0) is 0 Å². The van der Waals surface area contributed by atoms with Crippen LogP contribution in [0, 0.1) is 5.82 Å². The lowest BCUT2D eigenvalue weighted by atomic mass is 10.1. The summed E-state index contributed by atoms with van der Waals surface area (Å²) in [6, 6.07) is 8.75. The van der Waals surface area contributed by atoms with Gasteiger partial charge in [0.15, 0.2) is 5.95 Å². The molecule has 1 aromatic heterocycles. The fraction of sp³-hybridized carbons (Fsp3) is 0. The molecule has 3 aromatic rings. The summed E-state index contributed by atoms with van der Waals surface area (Å²) in [7, 11) is 0. The number of carbonyl (C=O) groups excluding carboxylic acids is 1. The zero-order chi connectivity index (χ0) is 17.3. The zero-order valence-corrected chi connectivity index (χ0v) is 13.6. The average Bonchev–Trinajstić information content (AvgIpc) is 2.92. The number of amides is 1. The van der Waals surface area contributed by atoms with Crippen LogP contribution in [0.4, 0.5) is 16.0 Å². The second kappa shape index (κ2) is 6.51. The van der Waals surface area contributed by atoms with Crippen LogP contribution in [0.2, 0.25) is 10.0 Å². The number of nitrogens with one attached hydrogen (secondary N) is 2. The van der Waals surface area contributed by atoms with E-state index in [-0.39, 0.29) is 11.5 Å². The summed E-state index contributed by atoms with van der Waals surface area (Å²) in [5.74, 6) is -0.780. The van der Waals surface area contributed by atoms with Crippen molar-refractivity contribution >= 4 is 40.7 Å². The summed E-state index contributed by atoms with van der Waals surface area (Å²) in [5, 5.41) is 3.27. The van der Waals surface area contributed by atoms with Crippen molar-refractivity contribution in [2.45, 2.75) is 0 Å². The van der Waals surface area contributed by atoms with E-state index in [4.69, 9.17) is 28.9 Å². The molecule has 1 amide bonds. The Morgan fingerprint density at radius 1 is 1.17 bits per heavy atom. The first-order chi connectivity index (χ1) is 11.4. The molecule has 0 fully saturated rings. The molecule has 8 heteroatoms. The maximum Gasteiger partial charge on any atom is 0.255 e. The van der Waals surface area contributed by atoms with Gasteiger partial charge < -0.3 is 16.0 Å². The Kier molecular flexibility index (Phi) is 4.42. The summed E-state index contributed by atoms with van der Waals surface area (Å²) >= 11 is 11.7. The summed E-state index contributed by atoms with van der Waals surface area (Å²) in [6.07, 6.45) is 1.43. The number of aromatic nitrogens is 2. The highest BCUT2D eigenvalue weighted by Gasteiger charge is 2.12. The Morgan fingerprint density at radius 2 is 1.88 bits per heavy atom. The highest BCUT2D eigenvalue weighted by Crippen LogP contribution is 2.25. The number of hydrogen-bond donors (Lipinski definition) is 3. The number of halogens is 3. The molecule has 0 atom stereocenters. The van der Waals surface area contributed by atoms with Crippen LogP contribution < -0.4 is 11.1 Å². The fourth-order valence-corrected chi connectivity index (χ4v) is 2.70. The van der Waals surface area contributed by atoms with Gasteiger partial charge in [0.25, 0.3) is 5.91 Å². The molecule has 0 aliphatic rings. The maximum atomic E-state index is 14.2. The molecule has 0 spiro atoms. The first-order valence-electron chi connectivity index (χ1n) is 6.80. The Bertz CT molecular complexity index is 906. The lowest BCUT2D eigenvalue weighted by Gasteiger charge is -2.08. The largest absolute Gasteiger partial charge is 0.369 e. The molecule has 0 aliphatic heterocycles. The molecular weight excluding hydrogens is 354 g/mol. The van der Waals surface area contributed by atoms with Gasteiger partial charge in [0.05, 0.1) is 11.9 Å². The van der Waals surface area contributed by atoms with Crippen molar-refractivity contribution < 1.29 is 9.18 Å². The number of aromatic amines is 1. The van der Waals surface area contributed by atoms with Crippen molar-refractivity contribution in [1.82, 2.24) is 9.97 Å².